The van der Waals surface area contributed by atoms with Gasteiger partial charge in [-0.2, -0.15) is 13.2 Å². The number of rotatable bonds is 4. The first-order valence-electron chi connectivity index (χ1n) is 7.72. The van der Waals surface area contributed by atoms with Crippen molar-refractivity contribution in [1.82, 2.24) is 0 Å². The Kier molecular flexibility index (Phi) is 5.31. The maximum Gasteiger partial charge on any atom is 0.391 e. The van der Waals surface area contributed by atoms with Crippen LogP contribution in [0.3, 0.4) is 0 Å². The van der Waals surface area contributed by atoms with Gasteiger partial charge in [-0.3, -0.25) is 0 Å². The minimum atomic E-state index is -4.12. The summed E-state index contributed by atoms with van der Waals surface area (Å²) in [7, 11) is 0. The second-order valence-corrected chi connectivity index (χ2v) is 6.11. The number of aryl methyl sites for hydroxylation is 1. The minimum absolute atomic E-state index is 0.0672. The van der Waals surface area contributed by atoms with Gasteiger partial charge in [-0.15, -0.1) is 0 Å². The molecule has 0 amide bonds. The van der Waals surface area contributed by atoms with Crippen LogP contribution in [0.5, 0.6) is 0 Å². The summed E-state index contributed by atoms with van der Waals surface area (Å²) < 4.78 is 38.4. The summed E-state index contributed by atoms with van der Waals surface area (Å²) in [6, 6.07) is 7.96. The van der Waals surface area contributed by atoms with Crippen LogP contribution in [0.2, 0.25) is 0 Å². The lowest BCUT2D eigenvalue weighted by atomic mass is 9.77. The largest absolute Gasteiger partial charge is 0.392 e. The lowest BCUT2D eigenvalue weighted by Gasteiger charge is -2.33. The summed E-state index contributed by atoms with van der Waals surface area (Å²) in [5, 5.41) is 10.3. The van der Waals surface area contributed by atoms with Crippen molar-refractivity contribution in [3.63, 3.8) is 0 Å². The van der Waals surface area contributed by atoms with Crippen LogP contribution in [0.15, 0.2) is 24.3 Å². The van der Waals surface area contributed by atoms with E-state index in [1.54, 1.807) is 0 Å². The molecule has 2 rings (SSSR count). The van der Waals surface area contributed by atoms with E-state index >= 15 is 0 Å². The Morgan fingerprint density at radius 3 is 2.33 bits per heavy atom. The molecule has 3 atom stereocenters. The van der Waals surface area contributed by atoms with Crippen molar-refractivity contribution in [2.45, 2.75) is 57.7 Å². The number of halogens is 3. The normalized spacial score (nSPS) is 24.8. The topological polar surface area (TPSA) is 20.2 Å². The molecular formula is C17H23F3O. The first-order valence-corrected chi connectivity index (χ1v) is 7.72. The van der Waals surface area contributed by atoms with Gasteiger partial charge in [-0.25, -0.2) is 0 Å². The molecule has 1 fully saturated rings. The monoisotopic (exact) mass is 300 g/mol. The summed E-state index contributed by atoms with van der Waals surface area (Å²) in [5.74, 6) is -1.48. The molecule has 0 bridgehead atoms. The molecule has 0 saturated heterocycles. The number of aliphatic hydroxyl groups excluding tert-OH is 1. The molecule has 1 aliphatic rings. The molecule has 1 nitrogen and oxygen atoms in total. The van der Waals surface area contributed by atoms with E-state index in [4.69, 9.17) is 0 Å². The van der Waals surface area contributed by atoms with Crippen LogP contribution in [0, 0.1) is 11.8 Å². The Hall–Kier alpha value is -1.03. The van der Waals surface area contributed by atoms with Crippen LogP contribution in [0.1, 0.15) is 43.7 Å². The van der Waals surface area contributed by atoms with Crippen LogP contribution >= 0.6 is 0 Å². The zero-order valence-corrected chi connectivity index (χ0v) is 12.4. The summed E-state index contributed by atoms with van der Waals surface area (Å²) in [6.45, 7) is 2.07. The smallest absolute Gasteiger partial charge is 0.391 e. The molecule has 0 spiro atoms. The number of hydrogen-bond donors (Lipinski definition) is 1. The van der Waals surface area contributed by atoms with E-state index in [2.05, 4.69) is 6.92 Å². The fourth-order valence-corrected chi connectivity index (χ4v) is 3.19. The number of alkyl halides is 3. The number of aliphatic hydroxyl groups is 1. The van der Waals surface area contributed by atoms with Crippen molar-refractivity contribution >= 4 is 0 Å². The Bertz CT molecular complexity index is 438. The van der Waals surface area contributed by atoms with Gasteiger partial charge in [0, 0.05) is 0 Å². The number of hydrogen-bond acceptors (Lipinski definition) is 1. The maximum atomic E-state index is 12.8. The van der Waals surface area contributed by atoms with E-state index in [-0.39, 0.29) is 18.8 Å². The summed E-state index contributed by atoms with van der Waals surface area (Å²) in [6.07, 6.45) is -1.88. The van der Waals surface area contributed by atoms with Crippen molar-refractivity contribution in [3.8, 4) is 0 Å². The Morgan fingerprint density at radius 2 is 1.76 bits per heavy atom. The van der Waals surface area contributed by atoms with Gasteiger partial charge in [0.15, 0.2) is 0 Å². The van der Waals surface area contributed by atoms with Crippen LogP contribution in [0.25, 0.3) is 0 Å². The molecule has 1 aliphatic carbocycles. The Balaban J connectivity index is 1.94. The van der Waals surface area contributed by atoms with Crippen molar-refractivity contribution in [3.05, 3.63) is 35.4 Å². The molecule has 1 aromatic rings. The summed E-state index contributed by atoms with van der Waals surface area (Å²) in [5.41, 5.74) is 2.22. The van der Waals surface area contributed by atoms with Crippen molar-refractivity contribution in [2.24, 2.45) is 11.8 Å². The molecule has 1 aromatic carbocycles. The quantitative estimate of drug-likeness (QED) is 0.866. The second kappa shape index (κ2) is 6.82. The first kappa shape index (κ1) is 16.3. The van der Waals surface area contributed by atoms with Gasteiger partial charge in [-0.1, -0.05) is 37.6 Å². The molecule has 4 heteroatoms. The molecule has 1 N–H and O–H groups in total. The zero-order chi connectivity index (χ0) is 15.5. The van der Waals surface area contributed by atoms with Crippen LogP contribution in [-0.4, -0.2) is 17.4 Å². The molecule has 3 unspecified atom stereocenters. The van der Waals surface area contributed by atoms with E-state index < -0.39 is 18.2 Å². The molecule has 0 aliphatic heterocycles. The molecule has 21 heavy (non-hydrogen) atoms. The highest BCUT2D eigenvalue weighted by Crippen LogP contribution is 2.41. The van der Waals surface area contributed by atoms with Gasteiger partial charge < -0.3 is 5.11 Å². The SMILES string of the molecule is CCc1ccc(CC(O)C2CCCC(C(F)(F)F)C2)cc1. The summed E-state index contributed by atoms with van der Waals surface area (Å²) in [4.78, 5) is 0. The van der Waals surface area contributed by atoms with Gasteiger partial charge in [0.2, 0.25) is 0 Å². The van der Waals surface area contributed by atoms with Crippen molar-refractivity contribution in [1.29, 1.82) is 0 Å². The third-order valence-electron chi connectivity index (χ3n) is 4.60. The van der Waals surface area contributed by atoms with E-state index in [1.165, 1.54) is 5.56 Å². The molecular weight excluding hydrogens is 277 g/mol. The van der Waals surface area contributed by atoms with Crippen molar-refractivity contribution in [2.75, 3.05) is 0 Å². The standard InChI is InChI=1S/C17H23F3O/c1-2-12-6-8-13(9-7-12)10-16(21)14-4-3-5-15(11-14)17(18,19)20/h6-9,14-16,21H,2-5,10-11H2,1H3. The lowest BCUT2D eigenvalue weighted by Crippen LogP contribution is -2.34. The van der Waals surface area contributed by atoms with Crippen LogP contribution in [0.4, 0.5) is 13.2 Å². The number of benzene rings is 1. The first-order chi connectivity index (χ1) is 9.90. The maximum absolute atomic E-state index is 12.8. The third-order valence-corrected chi connectivity index (χ3v) is 4.60. The van der Waals surface area contributed by atoms with Gasteiger partial charge in [0.05, 0.1) is 12.0 Å². The fraction of sp³-hybridized carbons (Fsp3) is 0.647. The summed E-state index contributed by atoms with van der Waals surface area (Å²) >= 11 is 0. The highest BCUT2D eigenvalue weighted by atomic mass is 19.4. The van der Waals surface area contributed by atoms with Gasteiger partial charge in [-0.05, 0) is 49.1 Å². The van der Waals surface area contributed by atoms with Gasteiger partial charge >= 0.3 is 6.18 Å². The minimum Gasteiger partial charge on any atom is -0.392 e. The highest BCUT2D eigenvalue weighted by Gasteiger charge is 2.43. The van der Waals surface area contributed by atoms with E-state index in [0.29, 0.717) is 19.3 Å². The predicted molar refractivity (Wildman–Crippen MR) is 77.0 cm³/mol. The van der Waals surface area contributed by atoms with Gasteiger partial charge in [0.25, 0.3) is 0 Å². The average Bonchev–Trinajstić information content (AvgIpc) is 2.47. The molecule has 0 radical (unpaired) electrons. The second-order valence-electron chi connectivity index (χ2n) is 6.11. The Labute approximate surface area is 124 Å². The molecule has 118 valence electrons. The molecule has 0 aromatic heterocycles. The fourth-order valence-electron chi connectivity index (χ4n) is 3.19. The molecule has 1 saturated carbocycles. The third kappa shape index (κ3) is 4.47. The average molecular weight is 300 g/mol. The highest BCUT2D eigenvalue weighted by molar-refractivity contribution is 5.23. The van der Waals surface area contributed by atoms with Crippen LogP contribution < -0.4 is 0 Å². The van der Waals surface area contributed by atoms with Gasteiger partial charge in [0.1, 0.15) is 0 Å². The zero-order valence-electron chi connectivity index (χ0n) is 12.4. The van der Waals surface area contributed by atoms with E-state index in [9.17, 15) is 18.3 Å². The predicted octanol–water partition coefficient (Wildman–Crippen LogP) is 4.52. The Morgan fingerprint density at radius 1 is 1.14 bits per heavy atom. The van der Waals surface area contributed by atoms with E-state index in [0.717, 1.165) is 12.0 Å². The van der Waals surface area contributed by atoms with E-state index in [1.807, 2.05) is 24.3 Å². The molecule has 0 heterocycles. The lowest BCUT2D eigenvalue weighted by molar-refractivity contribution is -0.188. The van der Waals surface area contributed by atoms with Crippen molar-refractivity contribution < 1.29 is 18.3 Å². The van der Waals surface area contributed by atoms with Crippen LogP contribution in [-0.2, 0) is 12.8 Å².